The predicted molar refractivity (Wildman–Crippen MR) is 142 cm³/mol. The van der Waals surface area contributed by atoms with Crippen molar-refractivity contribution in [2.75, 3.05) is 27.9 Å². The SMILES string of the molecule is CCOc1ccc(C=Nn2c(-c3cc(OC)c(OC)c(OC)c3)csc2=NC2CCCCC2)c(O)c1. The van der Waals surface area contributed by atoms with Gasteiger partial charge in [-0.1, -0.05) is 19.3 Å². The van der Waals surface area contributed by atoms with E-state index in [1.165, 1.54) is 30.6 Å². The lowest BCUT2D eigenvalue weighted by atomic mass is 9.96. The second-order valence-electron chi connectivity index (χ2n) is 8.45. The molecule has 36 heavy (non-hydrogen) atoms. The first-order chi connectivity index (χ1) is 17.6. The molecule has 1 fully saturated rings. The van der Waals surface area contributed by atoms with Gasteiger partial charge in [-0.2, -0.15) is 5.10 Å². The normalized spacial score (nSPS) is 14.8. The first-order valence-electron chi connectivity index (χ1n) is 12.1. The largest absolute Gasteiger partial charge is 0.507 e. The molecule has 1 aliphatic rings. The molecular formula is C27H33N3O5S. The molecule has 1 heterocycles. The molecule has 0 spiro atoms. The minimum absolute atomic E-state index is 0.0978. The standard InChI is InChI=1S/C27H33N3O5S/c1-5-35-21-12-11-18(23(31)15-21)16-28-30-22(17-36-27(30)29-20-9-7-6-8-10-20)19-13-24(32-2)26(34-4)25(14-19)33-3/h11-17,20,31H,5-10H2,1-4H3. The summed E-state index contributed by atoms with van der Waals surface area (Å²) in [5.74, 6) is 2.36. The molecule has 2 aromatic carbocycles. The molecule has 1 aromatic heterocycles. The molecule has 0 saturated heterocycles. The number of nitrogens with zero attached hydrogens (tertiary/aromatic N) is 3. The molecule has 0 amide bonds. The minimum atomic E-state index is 0.0978. The quantitative estimate of drug-likeness (QED) is 0.386. The van der Waals surface area contributed by atoms with Crippen LogP contribution in [0.25, 0.3) is 11.3 Å². The van der Waals surface area contributed by atoms with E-state index in [0.717, 1.165) is 28.9 Å². The van der Waals surface area contributed by atoms with Gasteiger partial charge in [0, 0.05) is 22.6 Å². The molecule has 1 saturated carbocycles. The molecular weight excluding hydrogens is 478 g/mol. The number of rotatable bonds is 9. The third kappa shape index (κ3) is 5.67. The molecule has 0 bridgehead atoms. The number of methoxy groups -OCH3 is 3. The summed E-state index contributed by atoms with van der Waals surface area (Å²) in [6, 6.07) is 9.27. The van der Waals surface area contributed by atoms with Gasteiger partial charge in [0.25, 0.3) is 0 Å². The summed E-state index contributed by atoms with van der Waals surface area (Å²) in [6.07, 6.45) is 7.47. The van der Waals surface area contributed by atoms with Crippen LogP contribution < -0.4 is 23.7 Å². The van der Waals surface area contributed by atoms with Gasteiger partial charge in [-0.05, 0) is 44.0 Å². The van der Waals surface area contributed by atoms with Gasteiger partial charge < -0.3 is 24.1 Å². The molecule has 1 aliphatic carbocycles. The maximum atomic E-state index is 10.5. The monoisotopic (exact) mass is 511 g/mol. The van der Waals surface area contributed by atoms with Gasteiger partial charge in [-0.3, -0.25) is 4.99 Å². The van der Waals surface area contributed by atoms with Crippen molar-refractivity contribution in [2.45, 2.75) is 45.1 Å². The molecule has 0 radical (unpaired) electrons. The Hall–Kier alpha value is -3.46. The third-order valence-electron chi connectivity index (χ3n) is 6.14. The first-order valence-corrected chi connectivity index (χ1v) is 13.0. The molecule has 1 N–H and O–H groups in total. The van der Waals surface area contributed by atoms with Gasteiger partial charge in [-0.15, -0.1) is 11.3 Å². The van der Waals surface area contributed by atoms with E-state index in [0.29, 0.717) is 35.2 Å². The Balaban J connectivity index is 1.81. The second kappa shape index (κ2) is 12.0. The highest BCUT2D eigenvalue weighted by Crippen LogP contribution is 2.41. The molecule has 0 aliphatic heterocycles. The molecule has 192 valence electrons. The van der Waals surface area contributed by atoms with Crippen LogP contribution in [0.3, 0.4) is 0 Å². The van der Waals surface area contributed by atoms with E-state index in [1.807, 2.05) is 35.2 Å². The lowest BCUT2D eigenvalue weighted by Gasteiger charge is -2.17. The Morgan fingerprint density at radius 2 is 1.75 bits per heavy atom. The number of benzene rings is 2. The summed E-state index contributed by atoms with van der Waals surface area (Å²) in [5, 5.41) is 17.3. The van der Waals surface area contributed by atoms with Crippen molar-refractivity contribution in [2.24, 2.45) is 10.1 Å². The fourth-order valence-corrected chi connectivity index (χ4v) is 5.21. The van der Waals surface area contributed by atoms with Gasteiger partial charge in [0.2, 0.25) is 10.6 Å². The summed E-state index contributed by atoms with van der Waals surface area (Å²) in [4.78, 5) is 5.85. The van der Waals surface area contributed by atoms with Crippen molar-refractivity contribution in [3.8, 4) is 40.0 Å². The Bertz CT molecular complexity index is 1250. The molecule has 9 heteroatoms. The van der Waals surface area contributed by atoms with Crippen LogP contribution in [0.2, 0.25) is 0 Å². The maximum Gasteiger partial charge on any atom is 0.206 e. The highest BCUT2D eigenvalue weighted by atomic mass is 32.1. The Kier molecular flexibility index (Phi) is 8.53. The van der Waals surface area contributed by atoms with Crippen LogP contribution in [0.1, 0.15) is 44.6 Å². The maximum absolute atomic E-state index is 10.5. The van der Waals surface area contributed by atoms with Crippen molar-refractivity contribution >= 4 is 17.6 Å². The van der Waals surface area contributed by atoms with Crippen molar-refractivity contribution < 1.29 is 24.1 Å². The lowest BCUT2D eigenvalue weighted by Crippen LogP contribution is -2.19. The predicted octanol–water partition coefficient (Wildman–Crippen LogP) is 5.46. The number of phenols is 1. The van der Waals surface area contributed by atoms with Crippen LogP contribution in [0.15, 0.2) is 45.8 Å². The summed E-state index contributed by atoms with van der Waals surface area (Å²) >= 11 is 1.54. The molecule has 4 rings (SSSR count). The van der Waals surface area contributed by atoms with Crippen molar-refractivity contribution in [3.63, 3.8) is 0 Å². The average Bonchev–Trinajstić information content (AvgIpc) is 3.30. The van der Waals surface area contributed by atoms with Crippen LogP contribution in [-0.4, -0.2) is 50.0 Å². The van der Waals surface area contributed by atoms with E-state index in [1.54, 1.807) is 39.7 Å². The highest BCUT2D eigenvalue weighted by molar-refractivity contribution is 7.07. The third-order valence-corrected chi connectivity index (χ3v) is 6.97. The van der Waals surface area contributed by atoms with Gasteiger partial charge in [0.15, 0.2) is 11.5 Å². The Labute approximate surface area is 215 Å². The van der Waals surface area contributed by atoms with E-state index in [-0.39, 0.29) is 11.8 Å². The number of hydrogen-bond donors (Lipinski definition) is 1. The molecule has 8 nitrogen and oxygen atoms in total. The van der Waals surface area contributed by atoms with E-state index in [4.69, 9.17) is 29.0 Å². The van der Waals surface area contributed by atoms with Gasteiger partial charge in [0.1, 0.15) is 11.5 Å². The van der Waals surface area contributed by atoms with Crippen LogP contribution in [-0.2, 0) is 0 Å². The number of hydrogen-bond acceptors (Lipinski definition) is 8. The summed E-state index contributed by atoms with van der Waals surface area (Å²) in [6.45, 7) is 2.43. The lowest BCUT2D eigenvalue weighted by molar-refractivity contribution is 0.324. The average molecular weight is 512 g/mol. The first kappa shape index (κ1) is 25.6. The molecule has 3 aromatic rings. The zero-order valence-electron chi connectivity index (χ0n) is 21.2. The minimum Gasteiger partial charge on any atom is -0.507 e. The van der Waals surface area contributed by atoms with E-state index < -0.39 is 0 Å². The fraction of sp³-hybridized carbons (Fsp3) is 0.407. The summed E-state index contributed by atoms with van der Waals surface area (Å²) < 4.78 is 23.9. The zero-order chi connectivity index (χ0) is 25.5. The van der Waals surface area contributed by atoms with Gasteiger partial charge in [0.05, 0.1) is 45.9 Å². The molecule has 0 unspecified atom stereocenters. The second-order valence-corrected chi connectivity index (χ2v) is 9.29. The van der Waals surface area contributed by atoms with Crippen LogP contribution >= 0.6 is 11.3 Å². The fourth-order valence-electron chi connectivity index (χ4n) is 4.30. The van der Waals surface area contributed by atoms with Crippen LogP contribution in [0.4, 0.5) is 0 Å². The van der Waals surface area contributed by atoms with E-state index in [2.05, 4.69) is 0 Å². The number of ether oxygens (including phenoxy) is 4. The summed E-state index contributed by atoms with van der Waals surface area (Å²) in [7, 11) is 4.78. The van der Waals surface area contributed by atoms with Crippen molar-refractivity contribution in [1.29, 1.82) is 0 Å². The Morgan fingerprint density at radius 3 is 2.36 bits per heavy atom. The molecule has 0 atom stereocenters. The number of aromatic hydroxyl groups is 1. The number of thiazole rings is 1. The Morgan fingerprint density at radius 1 is 1.03 bits per heavy atom. The van der Waals surface area contributed by atoms with Crippen LogP contribution in [0.5, 0.6) is 28.7 Å². The van der Waals surface area contributed by atoms with Gasteiger partial charge in [-0.25, -0.2) is 4.68 Å². The smallest absolute Gasteiger partial charge is 0.206 e. The van der Waals surface area contributed by atoms with Gasteiger partial charge >= 0.3 is 0 Å². The van der Waals surface area contributed by atoms with Crippen molar-refractivity contribution in [3.05, 3.63) is 46.1 Å². The van der Waals surface area contributed by atoms with E-state index in [9.17, 15) is 5.11 Å². The van der Waals surface area contributed by atoms with Crippen molar-refractivity contribution in [1.82, 2.24) is 4.68 Å². The topological polar surface area (TPSA) is 86.8 Å². The van der Waals surface area contributed by atoms with Crippen LogP contribution in [0, 0.1) is 0 Å². The zero-order valence-corrected chi connectivity index (χ0v) is 22.0. The highest BCUT2D eigenvalue weighted by Gasteiger charge is 2.18. The number of aromatic nitrogens is 1. The summed E-state index contributed by atoms with van der Waals surface area (Å²) in [5.41, 5.74) is 2.26. The number of phenolic OH excluding ortho intramolecular Hbond substituents is 1. The van der Waals surface area contributed by atoms with E-state index >= 15 is 0 Å².